The summed E-state index contributed by atoms with van der Waals surface area (Å²) in [5, 5.41) is 11.0. The molecule has 0 spiro atoms. The van der Waals surface area contributed by atoms with Crippen LogP contribution in [-0.4, -0.2) is 32.9 Å². The van der Waals surface area contributed by atoms with E-state index in [9.17, 15) is 14.4 Å². The third-order valence-corrected chi connectivity index (χ3v) is 2.71. The number of hydrogen-bond donors (Lipinski definition) is 2. The molecule has 0 radical (unpaired) electrons. The molecule has 0 aliphatic heterocycles. The number of carboxylic acid groups (broad SMARTS) is 1. The van der Waals surface area contributed by atoms with Crippen LogP contribution in [0.25, 0.3) is 5.65 Å². The molecule has 7 nitrogen and oxygen atoms in total. The van der Waals surface area contributed by atoms with Crippen molar-refractivity contribution in [2.45, 2.75) is 12.8 Å². The summed E-state index contributed by atoms with van der Waals surface area (Å²) in [6.07, 6.45) is 3.04. The van der Waals surface area contributed by atoms with Gasteiger partial charge in [-0.25, -0.2) is 4.98 Å². The highest BCUT2D eigenvalue weighted by atomic mass is 16.4. The second kappa shape index (κ2) is 5.96. The van der Waals surface area contributed by atoms with Gasteiger partial charge in [-0.2, -0.15) is 0 Å². The van der Waals surface area contributed by atoms with Gasteiger partial charge < -0.3 is 10.4 Å². The predicted molar refractivity (Wildman–Crippen MR) is 70.7 cm³/mol. The van der Waals surface area contributed by atoms with Gasteiger partial charge in [0.1, 0.15) is 11.2 Å². The molecule has 0 bridgehead atoms. The summed E-state index contributed by atoms with van der Waals surface area (Å²) >= 11 is 0. The topological polar surface area (TPSA) is 101 Å². The summed E-state index contributed by atoms with van der Waals surface area (Å²) in [5.41, 5.74) is -0.0599. The number of aromatic nitrogens is 2. The van der Waals surface area contributed by atoms with Crippen LogP contribution in [0.2, 0.25) is 0 Å². The van der Waals surface area contributed by atoms with Gasteiger partial charge in [-0.05, 0) is 18.6 Å². The van der Waals surface area contributed by atoms with Gasteiger partial charge in [0.2, 0.25) is 0 Å². The van der Waals surface area contributed by atoms with Gasteiger partial charge in [-0.3, -0.25) is 18.8 Å². The SMILES string of the molecule is O=C(O)CCCNC(=O)c1cnc2ccccn2c1=O. The molecule has 0 aromatic carbocycles. The molecule has 0 aliphatic carbocycles. The smallest absolute Gasteiger partial charge is 0.303 e. The van der Waals surface area contributed by atoms with Crippen LogP contribution < -0.4 is 10.9 Å². The van der Waals surface area contributed by atoms with Gasteiger partial charge in [-0.15, -0.1) is 0 Å². The maximum Gasteiger partial charge on any atom is 0.303 e. The minimum Gasteiger partial charge on any atom is -0.481 e. The zero-order valence-electron chi connectivity index (χ0n) is 10.6. The average molecular weight is 275 g/mol. The van der Waals surface area contributed by atoms with Crippen molar-refractivity contribution in [3.63, 3.8) is 0 Å². The molecule has 0 atom stereocenters. The second-order valence-corrected chi connectivity index (χ2v) is 4.16. The zero-order chi connectivity index (χ0) is 14.5. The molecule has 0 aliphatic rings. The Kier molecular flexibility index (Phi) is 4.09. The summed E-state index contributed by atoms with van der Waals surface area (Å²) in [4.78, 5) is 38.3. The van der Waals surface area contributed by atoms with Crippen molar-refractivity contribution in [3.8, 4) is 0 Å². The molecule has 1 amide bonds. The normalized spacial score (nSPS) is 10.4. The molecule has 7 heteroatoms. The van der Waals surface area contributed by atoms with E-state index in [0.29, 0.717) is 12.1 Å². The molecule has 0 saturated heterocycles. The van der Waals surface area contributed by atoms with Crippen molar-refractivity contribution < 1.29 is 14.7 Å². The van der Waals surface area contributed by atoms with Crippen LogP contribution in [-0.2, 0) is 4.79 Å². The van der Waals surface area contributed by atoms with Crippen molar-refractivity contribution in [3.05, 3.63) is 46.5 Å². The van der Waals surface area contributed by atoms with Crippen LogP contribution in [0.15, 0.2) is 35.4 Å². The molecule has 20 heavy (non-hydrogen) atoms. The third kappa shape index (κ3) is 3.00. The van der Waals surface area contributed by atoms with Crippen LogP contribution in [0.5, 0.6) is 0 Å². The van der Waals surface area contributed by atoms with E-state index in [1.54, 1.807) is 18.2 Å². The molecule has 2 aromatic heterocycles. The number of amides is 1. The Hall–Kier alpha value is -2.70. The van der Waals surface area contributed by atoms with Crippen LogP contribution in [0, 0.1) is 0 Å². The van der Waals surface area contributed by atoms with Crippen molar-refractivity contribution in [2.75, 3.05) is 6.54 Å². The standard InChI is InChI=1S/C13H13N3O4/c17-11(18)5-3-6-14-12(19)9-8-15-10-4-1-2-7-16(10)13(9)20/h1-2,4,7-8H,3,5-6H2,(H,14,19)(H,17,18). The first kappa shape index (κ1) is 13.7. The van der Waals surface area contributed by atoms with E-state index in [1.807, 2.05) is 0 Å². The van der Waals surface area contributed by atoms with E-state index >= 15 is 0 Å². The fraction of sp³-hybridized carbons (Fsp3) is 0.231. The number of nitrogens with one attached hydrogen (secondary N) is 1. The summed E-state index contributed by atoms with van der Waals surface area (Å²) in [7, 11) is 0. The molecule has 2 heterocycles. The fourth-order valence-electron chi connectivity index (χ4n) is 1.72. The number of fused-ring (bicyclic) bond motifs is 1. The summed E-state index contributed by atoms with van der Waals surface area (Å²) in [6, 6.07) is 5.08. The lowest BCUT2D eigenvalue weighted by molar-refractivity contribution is -0.137. The first-order chi connectivity index (χ1) is 9.59. The molecular weight excluding hydrogens is 262 g/mol. The highest BCUT2D eigenvalue weighted by Crippen LogP contribution is 1.97. The summed E-state index contributed by atoms with van der Waals surface area (Å²) < 4.78 is 1.28. The molecule has 104 valence electrons. The largest absolute Gasteiger partial charge is 0.481 e. The number of hydrogen-bond acceptors (Lipinski definition) is 4. The minimum absolute atomic E-state index is 0.0325. The van der Waals surface area contributed by atoms with E-state index in [0.717, 1.165) is 0 Å². The van der Waals surface area contributed by atoms with Gasteiger partial charge in [0.25, 0.3) is 11.5 Å². The molecule has 0 unspecified atom stereocenters. The number of rotatable bonds is 5. The van der Waals surface area contributed by atoms with Crippen LogP contribution in [0.4, 0.5) is 0 Å². The molecule has 0 saturated carbocycles. The van der Waals surface area contributed by atoms with Crippen LogP contribution in [0.1, 0.15) is 23.2 Å². The second-order valence-electron chi connectivity index (χ2n) is 4.16. The van der Waals surface area contributed by atoms with E-state index in [-0.39, 0.29) is 18.5 Å². The fourth-order valence-corrected chi connectivity index (χ4v) is 1.72. The number of carbonyl (C=O) groups is 2. The van der Waals surface area contributed by atoms with Gasteiger partial charge in [-0.1, -0.05) is 6.07 Å². The molecule has 0 fully saturated rings. The van der Waals surface area contributed by atoms with Gasteiger partial charge >= 0.3 is 5.97 Å². The number of aliphatic carboxylic acids is 1. The highest BCUT2D eigenvalue weighted by Gasteiger charge is 2.12. The van der Waals surface area contributed by atoms with Gasteiger partial charge in [0, 0.05) is 25.4 Å². The van der Waals surface area contributed by atoms with Crippen molar-refractivity contribution in [1.29, 1.82) is 0 Å². The quantitative estimate of drug-likeness (QED) is 0.764. The number of carbonyl (C=O) groups excluding carboxylic acids is 1. The lowest BCUT2D eigenvalue weighted by atomic mass is 10.2. The Bertz CT molecular complexity index is 708. The van der Waals surface area contributed by atoms with Gasteiger partial charge in [0.05, 0.1) is 0 Å². The molecule has 2 N–H and O–H groups in total. The Labute approximate surface area is 113 Å². The molecular formula is C13H13N3O4. The van der Waals surface area contributed by atoms with E-state index in [2.05, 4.69) is 10.3 Å². The average Bonchev–Trinajstić information content (AvgIpc) is 2.44. The minimum atomic E-state index is -0.924. The molecule has 2 rings (SSSR count). The van der Waals surface area contributed by atoms with E-state index in [4.69, 9.17) is 5.11 Å². The van der Waals surface area contributed by atoms with Crippen molar-refractivity contribution >= 4 is 17.5 Å². The monoisotopic (exact) mass is 275 g/mol. The lowest BCUT2D eigenvalue weighted by Gasteiger charge is -2.05. The maximum atomic E-state index is 12.1. The zero-order valence-corrected chi connectivity index (χ0v) is 10.6. The Morgan fingerprint density at radius 1 is 1.35 bits per heavy atom. The van der Waals surface area contributed by atoms with Crippen LogP contribution in [0.3, 0.4) is 0 Å². The first-order valence-corrected chi connectivity index (χ1v) is 6.06. The van der Waals surface area contributed by atoms with E-state index in [1.165, 1.54) is 16.8 Å². The Morgan fingerprint density at radius 3 is 2.90 bits per heavy atom. The van der Waals surface area contributed by atoms with E-state index < -0.39 is 17.4 Å². The Balaban J connectivity index is 2.12. The third-order valence-electron chi connectivity index (χ3n) is 2.71. The summed E-state index contributed by atoms with van der Waals surface area (Å²) in [5.74, 6) is -1.47. The molecule has 2 aromatic rings. The highest BCUT2D eigenvalue weighted by molar-refractivity contribution is 5.93. The van der Waals surface area contributed by atoms with Crippen LogP contribution >= 0.6 is 0 Å². The summed E-state index contributed by atoms with van der Waals surface area (Å²) in [6.45, 7) is 0.196. The van der Waals surface area contributed by atoms with Crippen molar-refractivity contribution in [2.24, 2.45) is 0 Å². The van der Waals surface area contributed by atoms with Gasteiger partial charge in [0.15, 0.2) is 0 Å². The predicted octanol–water partition coefficient (Wildman–Crippen LogP) is 0.289. The first-order valence-electron chi connectivity index (χ1n) is 6.06. The Morgan fingerprint density at radius 2 is 2.15 bits per heavy atom. The number of nitrogens with zero attached hydrogens (tertiary/aromatic N) is 2. The lowest BCUT2D eigenvalue weighted by Crippen LogP contribution is -2.32. The van der Waals surface area contributed by atoms with Crippen molar-refractivity contribution in [1.82, 2.24) is 14.7 Å². The number of carboxylic acids is 1. The maximum absolute atomic E-state index is 12.1. The number of pyridine rings is 1.